The van der Waals surface area contributed by atoms with Crippen LogP contribution in [0.25, 0.3) is 0 Å². The van der Waals surface area contributed by atoms with Crippen LogP contribution in [0.4, 0.5) is 11.5 Å². The summed E-state index contributed by atoms with van der Waals surface area (Å²) in [7, 11) is 0. The Morgan fingerprint density at radius 3 is 2.58 bits per heavy atom. The van der Waals surface area contributed by atoms with Crippen LogP contribution < -0.4 is 22.3 Å². The Balaban J connectivity index is 2.89. The van der Waals surface area contributed by atoms with Crippen LogP contribution >= 0.6 is 0 Å². The van der Waals surface area contributed by atoms with Gasteiger partial charge in [0.25, 0.3) is 5.56 Å². The maximum Gasteiger partial charge on any atom is 0.330 e. The molecule has 1 rings (SSSR count). The Morgan fingerprint density at radius 2 is 2.00 bits per heavy atom. The molecular weight excluding hydrogens is 244 g/mol. The molecule has 6 nitrogen and oxygen atoms in total. The maximum absolute atomic E-state index is 11.8. The van der Waals surface area contributed by atoms with Crippen molar-refractivity contribution in [3.8, 4) is 0 Å². The number of nitrogens with zero attached hydrogens (tertiary/aromatic N) is 1. The molecule has 0 radical (unpaired) electrons. The number of aromatic nitrogens is 2. The summed E-state index contributed by atoms with van der Waals surface area (Å²) in [5, 5.41) is 3.11. The lowest BCUT2D eigenvalue weighted by Gasteiger charge is -2.17. The van der Waals surface area contributed by atoms with Crippen LogP contribution in [0.2, 0.25) is 0 Å². The number of rotatable bonds is 7. The van der Waals surface area contributed by atoms with E-state index in [1.807, 2.05) is 13.8 Å². The molecule has 0 saturated heterocycles. The van der Waals surface area contributed by atoms with Gasteiger partial charge in [0.15, 0.2) is 0 Å². The van der Waals surface area contributed by atoms with Crippen molar-refractivity contribution in [2.24, 2.45) is 0 Å². The molecule has 4 N–H and O–H groups in total. The van der Waals surface area contributed by atoms with Gasteiger partial charge in [-0.2, -0.15) is 0 Å². The Labute approximate surface area is 113 Å². The van der Waals surface area contributed by atoms with Crippen molar-refractivity contribution in [3.63, 3.8) is 0 Å². The number of nitrogens with one attached hydrogen (secondary N) is 2. The topological polar surface area (TPSA) is 92.9 Å². The van der Waals surface area contributed by atoms with E-state index in [0.29, 0.717) is 12.2 Å². The lowest BCUT2D eigenvalue weighted by atomic mass is 10.1. The summed E-state index contributed by atoms with van der Waals surface area (Å²) in [6.45, 7) is 6.40. The van der Waals surface area contributed by atoms with Gasteiger partial charge in [0.2, 0.25) is 0 Å². The molecule has 1 unspecified atom stereocenters. The molecule has 0 aliphatic carbocycles. The Bertz CT molecular complexity index is 518. The van der Waals surface area contributed by atoms with Crippen molar-refractivity contribution in [2.75, 3.05) is 11.1 Å². The number of H-pyrrole nitrogens is 1. The molecule has 0 saturated carbocycles. The van der Waals surface area contributed by atoms with E-state index < -0.39 is 11.2 Å². The van der Waals surface area contributed by atoms with E-state index in [4.69, 9.17) is 5.73 Å². The summed E-state index contributed by atoms with van der Waals surface area (Å²) in [6, 6.07) is 0.151. The fraction of sp³-hybridized carbons (Fsp3) is 0.692. The fourth-order valence-electron chi connectivity index (χ4n) is 2.06. The first-order valence-electron chi connectivity index (χ1n) is 6.90. The minimum absolute atomic E-state index is 0.151. The summed E-state index contributed by atoms with van der Waals surface area (Å²) in [5.74, 6) is 0.207. The molecule has 1 atom stereocenters. The van der Waals surface area contributed by atoms with Crippen molar-refractivity contribution in [1.29, 1.82) is 0 Å². The number of unbranched alkanes of at least 4 members (excludes halogenated alkanes) is 2. The van der Waals surface area contributed by atoms with Gasteiger partial charge in [-0.25, -0.2) is 4.79 Å². The molecule has 1 aromatic rings. The van der Waals surface area contributed by atoms with Crippen molar-refractivity contribution < 1.29 is 0 Å². The van der Waals surface area contributed by atoms with Crippen LogP contribution in [0.1, 0.15) is 46.5 Å². The first kappa shape index (κ1) is 15.3. The molecule has 108 valence electrons. The highest BCUT2D eigenvalue weighted by molar-refractivity contribution is 5.60. The van der Waals surface area contributed by atoms with Crippen molar-refractivity contribution in [2.45, 2.75) is 59.0 Å². The number of aromatic amines is 1. The molecule has 0 aliphatic heterocycles. The van der Waals surface area contributed by atoms with E-state index in [9.17, 15) is 9.59 Å². The molecular formula is C13H24N4O2. The molecule has 0 bridgehead atoms. The second kappa shape index (κ2) is 7.01. The number of hydrogen-bond acceptors (Lipinski definition) is 4. The van der Waals surface area contributed by atoms with Gasteiger partial charge in [0.05, 0.1) is 0 Å². The van der Waals surface area contributed by atoms with Crippen LogP contribution in [0.15, 0.2) is 9.59 Å². The minimum Gasteiger partial charge on any atom is -0.383 e. The SMILES string of the molecule is CCCCCC(C)Nc1c(N)n(CC)c(=O)[nH]c1=O. The van der Waals surface area contributed by atoms with Crippen LogP contribution in [0.5, 0.6) is 0 Å². The van der Waals surface area contributed by atoms with Gasteiger partial charge in [0, 0.05) is 12.6 Å². The Kier molecular flexibility index (Phi) is 5.66. The van der Waals surface area contributed by atoms with Crippen LogP contribution in [-0.2, 0) is 6.54 Å². The first-order valence-corrected chi connectivity index (χ1v) is 6.90. The average molecular weight is 268 g/mol. The Morgan fingerprint density at radius 1 is 1.32 bits per heavy atom. The first-order chi connectivity index (χ1) is 9.01. The van der Waals surface area contributed by atoms with Gasteiger partial charge in [0.1, 0.15) is 11.5 Å². The molecule has 1 aromatic heterocycles. The van der Waals surface area contributed by atoms with Gasteiger partial charge in [-0.15, -0.1) is 0 Å². The summed E-state index contributed by atoms with van der Waals surface area (Å²) in [6.07, 6.45) is 4.41. The second-order valence-electron chi connectivity index (χ2n) is 4.80. The molecule has 0 spiro atoms. The van der Waals surface area contributed by atoms with Crippen LogP contribution in [0, 0.1) is 0 Å². The van der Waals surface area contributed by atoms with Gasteiger partial charge in [-0.05, 0) is 20.3 Å². The molecule has 0 amide bonds. The van der Waals surface area contributed by atoms with E-state index in [1.165, 1.54) is 11.0 Å². The lowest BCUT2D eigenvalue weighted by molar-refractivity contribution is 0.612. The van der Waals surface area contributed by atoms with Crippen LogP contribution in [-0.4, -0.2) is 15.6 Å². The predicted octanol–water partition coefficient (Wildman–Crippen LogP) is 1.52. The summed E-state index contributed by atoms with van der Waals surface area (Å²) in [5.41, 5.74) is 5.26. The van der Waals surface area contributed by atoms with E-state index in [0.717, 1.165) is 19.3 Å². The zero-order chi connectivity index (χ0) is 14.4. The molecule has 1 heterocycles. The predicted molar refractivity (Wildman–Crippen MR) is 78.6 cm³/mol. The molecule has 0 fully saturated rings. The van der Waals surface area contributed by atoms with Crippen molar-refractivity contribution >= 4 is 11.5 Å². The second-order valence-corrected chi connectivity index (χ2v) is 4.80. The highest BCUT2D eigenvalue weighted by Crippen LogP contribution is 2.13. The third kappa shape index (κ3) is 3.87. The number of anilines is 2. The number of hydrogen-bond donors (Lipinski definition) is 3. The van der Waals surface area contributed by atoms with E-state index >= 15 is 0 Å². The Hall–Kier alpha value is -1.72. The number of nitrogens with two attached hydrogens (primary N) is 1. The van der Waals surface area contributed by atoms with Gasteiger partial charge in [-0.3, -0.25) is 14.3 Å². The monoisotopic (exact) mass is 268 g/mol. The summed E-state index contributed by atoms with van der Waals surface area (Å²) < 4.78 is 1.35. The minimum atomic E-state index is -0.464. The summed E-state index contributed by atoms with van der Waals surface area (Å²) in [4.78, 5) is 25.6. The lowest BCUT2D eigenvalue weighted by Crippen LogP contribution is -2.35. The highest BCUT2D eigenvalue weighted by Gasteiger charge is 2.13. The third-order valence-electron chi connectivity index (χ3n) is 3.19. The van der Waals surface area contributed by atoms with Gasteiger partial charge >= 0.3 is 5.69 Å². The quantitative estimate of drug-likeness (QED) is 0.654. The molecule has 0 aliphatic rings. The average Bonchev–Trinajstić information content (AvgIpc) is 2.35. The van der Waals surface area contributed by atoms with Gasteiger partial charge in [-0.1, -0.05) is 26.2 Å². The van der Waals surface area contributed by atoms with E-state index in [2.05, 4.69) is 17.2 Å². The summed E-state index contributed by atoms with van der Waals surface area (Å²) >= 11 is 0. The molecule has 0 aromatic carbocycles. The van der Waals surface area contributed by atoms with Crippen molar-refractivity contribution in [3.05, 3.63) is 20.8 Å². The highest BCUT2D eigenvalue weighted by atomic mass is 16.2. The largest absolute Gasteiger partial charge is 0.383 e. The fourth-order valence-corrected chi connectivity index (χ4v) is 2.06. The van der Waals surface area contributed by atoms with E-state index in [-0.39, 0.29) is 11.9 Å². The van der Waals surface area contributed by atoms with Crippen LogP contribution in [0.3, 0.4) is 0 Å². The van der Waals surface area contributed by atoms with E-state index in [1.54, 1.807) is 0 Å². The van der Waals surface area contributed by atoms with Crippen molar-refractivity contribution in [1.82, 2.24) is 9.55 Å². The normalized spacial score (nSPS) is 12.4. The maximum atomic E-state index is 11.8. The van der Waals surface area contributed by atoms with Gasteiger partial charge < -0.3 is 11.1 Å². The molecule has 19 heavy (non-hydrogen) atoms. The zero-order valence-corrected chi connectivity index (χ0v) is 12.0. The third-order valence-corrected chi connectivity index (χ3v) is 3.19. The molecule has 6 heteroatoms. The smallest absolute Gasteiger partial charge is 0.330 e. The number of nitrogen functional groups attached to an aromatic ring is 1. The standard InChI is InChI=1S/C13H24N4O2/c1-4-6-7-8-9(3)15-10-11(14)17(5-2)13(19)16-12(10)18/h9,15H,4-8,14H2,1-3H3,(H,16,18,19). The zero-order valence-electron chi connectivity index (χ0n) is 12.0.